The highest BCUT2D eigenvalue weighted by Crippen LogP contribution is 2.27. The minimum atomic E-state index is -4.31. The summed E-state index contributed by atoms with van der Waals surface area (Å²) >= 11 is 0. The van der Waals surface area contributed by atoms with Crippen molar-refractivity contribution in [2.24, 2.45) is 5.73 Å². The van der Waals surface area contributed by atoms with Crippen molar-refractivity contribution in [1.29, 1.82) is 0 Å². The average molecular weight is 423 g/mol. The first kappa shape index (κ1) is 22.8. The summed E-state index contributed by atoms with van der Waals surface area (Å²) < 4.78 is 36.1. The van der Waals surface area contributed by atoms with E-state index in [2.05, 4.69) is 26.8 Å². The van der Waals surface area contributed by atoms with E-state index in [9.17, 15) is 18.0 Å². The number of methoxy groups -OCH3 is 1. The van der Waals surface area contributed by atoms with Crippen LogP contribution in [0.3, 0.4) is 0 Å². The molecule has 0 aliphatic carbocycles. The van der Waals surface area contributed by atoms with Crippen molar-refractivity contribution in [1.82, 2.24) is 4.90 Å². The first-order valence-electron chi connectivity index (χ1n) is 8.96. The summed E-state index contributed by atoms with van der Waals surface area (Å²) in [5.74, 6) is 4.19. The number of hydrogen-bond donors (Lipinski definition) is 2. The van der Waals surface area contributed by atoms with E-state index in [4.69, 9.17) is 10.5 Å². The Balaban J connectivity index is 2.22. The maximum absolute atomic E-state index is 13.1. The maximum Gasteiger partial charge on any atom is 0.343 e. The molecular formula is C19H25N3O6S. The molecule has 1 aromatic carbocycles. The fourth-order valence-electron chi connectivity index (χ4n) is 2.70. The number of ether oxygens (including phenoxy) is 2. The molecule has 1 saturated heterocycles. The SMILES string of the molecule is COC(=O)C(N)(CC#CCN1CCOCC1)S(=O)(=O)c1ccc(NC(C)=O)cc1. The summed E-state index contributed by atoms with van der Waals surface area (Å²) in [5, 5.41) is 2.54. The van der Waals surface area contributed by atoms with Crippen LogP contribution in [0.2, 0.25) is 0 Å². The van der Waals surface area contributed by atoms with E-state index in [1.807, 2.05) is 0 Å². The van der Waals surface area contributed by atoms with E-state index >= 15 is 0 Å². The second-order valence-corrected chi connectivity index (χ2v) is 8.72. The number of carbonyl (C=O) groups excluding carboxylic acids is 2. The van der Waals surface area contributed by atoms with Gasteiger partial charge in [-0.3, -0.25) is 9.69 Å². The summed E-state index contributed by atoms with van der Waals surface area (Å²) in [5.41, 5.74) is 6.45. The van der Waals surface area contributed by atoms with Crippen LogP contribution in [0, 0.1) is 11.8 Å². The van der Waals surface area contributed by atoms with Crippen LogP contribution in [-0.2, 0) is 28.9 Å². The molecule has 158 valence electrons. The lowest BCUT2D eigenvalue weighted by atomic mass is 10.2. The Morgan fingerprint density at radius 1 is 1.24 bits per heavy atom. The van der Waals surface area contributed by atoms with Crippen molar-refractivity contribution < 1.29 is 27.5 Å². The van der Waals surface area contributed by atoms with Crippen molar-refractivity contribution in [3.8, 4) is 11.8 Å². The van der Waals surface area contributed by atoms with Crippen molar-refractivity contribution in [2.75, 3.05) is 45.3 Å². The Morgan fingerprint density at radius 3 is 2.41 bits per heavy atom. The topological polar surface area (TPSA) is 128 Å². The van der Waals surface area contributed by atoms with E-state index in [1.54, 1.807) is 0 Å². The Bertz CT molecular complexity index is 898. The molecule has 1 unspecified atom stereocenters. The average Bonchev–Trinajstić information content (AvgIpc) is 2.71. The van der Waals surface area contributed by atoms with Gasteiger partial charge in [0.25, 0.3) is 0 Å². The molecule has 0 bridgehead atoms. The van der Waals surface area contributed by atoms with Crippen molar-refractivity contribution in [3.05, 3.63) is 24.3 Å². The number of rotatable bonds is 6. The van der Waals surface area contributed by atoms with E-state index in [0.29, 0.717) is 25.4 Å². The monoisotopic (exact) mass is 423 g/mol. The molecule has 0 saturated carbocycles. The third kappa shape index (κ3) is 5.55. The van der Waals surface area contributed by atoms with E-state index in [1.165, 1.54) is 31.2 Å². The normalized spacial score (nSPS) is 16.8. The molecule has 1 aliphatic rings. The summed E-state index contributed by atoms with van der Waals surface area (Å²) in [6.45, 7) is 4.46. The molecule has 1 heterocycles. The van der Waals surface area contributed by atoms with Gasteiger partial charge < -0.3 is 20.5 Å². The molecule has 2 rings (SSSR count). The number of morpholine rings is 1. The van der Waals surface area contributed by atoms with Gasteiger partial charge in [0.15, 0.2) is 0 Å². The van der Waals surface area contributed by atoms with Crippen LogP contribution in [-0.4, -0.2) is 70.0 Å². The zero-order valence-corrected chi connectivity index (χ0v) is 17.3. The second kappa shape index (κ2) is 9.84. The number of nitrogens with zero attached hydrogens (tertiary/aromatic N) is 1. The first-order valence-corrected chi connectivity index (χ1v) is 10.4. The largest absolute Gasteiger partial charge is 0.467 e. The fourth-order valence-corrected chi connectivity index (χ4v) is 4.18. The van der Waals surface area contributed by atoms with Crippen LogP contribution in [0.15, 0.2) is 29.2 Å². The Kier molecular flexibility index (Phi) is 7.75. The summed E-state index contributed by atoms with van der Waals surface area (Å²) in [6, 6.07) is 5.37. The summed E-state index contributed by atoms with van der Waals surface area (Å²) in [4.78, 5) is 22.9. The van der Waals surface area contributed by atoms with Crippen molar-refractivity contribution in [2.45, 2.75) is 23.1 Å². The summed E-state index contributed by atoms with van der Waals surface area (Å²) in [7, 11) is -3.24. The Hall–Kier alpha value is -2.45. The van der Waals surface area contributed by atoms with Crippen LogP contribution < -0.4 is 11.1 Å². The molecule has 0 aromatic heterocycles. The lowest BCUT2D eigenvalue weighted by molar-refractivity contribution is -0.143. The molecule has 0 spiro atoms. The van der Waals surface area contributed by atoms with E-state index in [0.717, 1.165) is 20.2 Å². The van der Waals surface area contributed by atoms with Crippen LogP contribution in [0.1, 0.15) is 13.3 Å². The van der Waals surface area contributed by atoms with Gasteiger partial charge in [0.05, 0.1) is 38.2 Å². The lowest BCUT2D eigenvalue weighted by Gasteiger charge is -2.25. The number of carbonyl (C=O) groups is 2. The second-order valence-electron chi connectivity index (χ2n) is 6.51. The smallest absolute Gasteiger partial charge is 0.343 e. The van der Waals surface area contributed by atoms with Crippen LogP contribution in [0.5, 0.6) is 0 Å². The number of hydrogen-bond acceptors (Lipinski definition) is 8. The molecule has 9 nitrogen and oxygen atoms in total. The highest BCUT2D eigenvalue weighted by Gasteiger charge is 2.49. The molecule has 1 aromatic rings. The van der Waals surface area contributed by atoms with Gasteiger partial charge in [-0.2, -0.15) is 0 Å². The predicted octanol–water partition coefficient (Wildman–Crippen LogP) is -0.0276. The third-order valence-electron chi connectivity index (χ3n) is 4.38. The number of esters is 1. The zero-order chi connectivity index (χ0) is 21.5. The zero-order valence-electron chi connectivity index (χ0n) is 16.4. The standard InChI is InChI=1S/C19H25N3O6S/c1-15(23)21-16-5-7-17(8-6-16)29(25,26)19(20,18(24)27-2)9-3-4-10-22-11-13-28-14-12-22/h5-8H,9-14,20H2,1-2H3,(H,21,23). The molecule has 1 atom stereocenters. The minimum absolute atomic E-state index is 0.172. The predicted molar refractivity (Wildman–Crippen MR) is 107 cm³/mol. The third-order valence-corrected chi connectivity index (χ3v) is 6.54. The summed E-state index contributed by atoms with van der Waals surface area (Å²) in [6.07, 6.45) is -0.417. The lowest BCUT2D eigenvalue weighted by Crippen LogP contribution is -2.55. The van der Waals surface area contributed by atoms with Gasteiger partial charge in [-0.1, -0.05) is 11.8 Å². The van der Waals surface area contributed by atoms with Crippen molar-refractivity contribution >= 4 is 27.4 Å². The number of benzene rings is 1. The van der Waals surface area contributed by atoms with Gasteiger partial charge in [0, 0.05) is 25.7 Å². The minimum Gasteiger partial charge on any atom is -0.467 e. The fraction of sp³-hybridized carbons (Fsp3) is 0.474. The first-order chi connectivity index (χ1) is 13.7. The van der Waals surface area contributed by atoms with E-state index in [-0.39, 0.29) is 10.8 Å². The van der Waals surface area contributed by atoms with Crippen LogP contribution in [0.25, 0.3) is 0 Å². The maximum atomic E-state index is 13.1. The van der Waals surface area contributed by atoms with Gasteiger partial charge in [-0.15, -0.1) is 0 Å². The quantitative estimate of drug-likeness (QED) is 0.482. The molecule has 1 amide bonds. The molecular weight excluding hydrogens is 398 g/mol. The van der Waals surface area contributed by atoms with Crippen molar-refractivity contribution in [3.63, 3.8) is 0 Å². The Labute approximate surface area is 170 Å². The highest BCUT2D eigenvalue weighted by atomic mass is 32.2. The molecule has 3 N–H and O–H groups in total. The number of nitrogens with two attached hydrogens (primary N) is 1. The van der Waals surface area contributed by atoms with Gasteiger partial charge in [-0.05, 0) is 24.3 Å². The molecule has 29 heavy (non-hydrogen) atoms. The van der Waals surface area contributed by atoms with Gasteiger partial charge in [0.2, 0.25) is 20.6 Å². The number of sulfone groups is 1. The van der Waals surface area contributed by atoms with Crippen LogP contribution in [0.4, 0.5) is 5.69 Å². The Morgan fingerprint density at radius 2 is 1.86 bits per heavy atom. The van der Waals surface area contributed by atoms with Gasteiger partial charge >= 0.3 is 5.97 Å². The molecule has 1 fully saturated rings. The van der Waals surface area contributed by atoms with Gasteiger partial charge in [-0.25, -0.2) is 13.2 Å². The molecule has 10 heteroatoms. The van der Waals surface area contributed by atoms with Gasteiger partial charge in [0.1, 0.15) is 0 Å². The number of amides is 1. The van der Waals surface area contributed by atoms with Crippen LogP contribution >= 0.6 is 0 Å². The number of nitrogens with one attached hydrogen (secondary N) is 1. The molecule has 1 aliphatic heterocycles. The highest BCUT2D eigenvalue weighted by molar-refractivity contribution is 7.93. The number of anilines is 1. The van der Waals surface area contributed by atoms with E-state index < -0.39 is 27.1 Å². The molecule has 0 radical (unpaired) electrons.